The van der Waals surface area contributed by atoms with Gasteiger partial charge in [0.15, 0.2) is 11.6 Å². The molecule has 2 aromatic heterocycles. The van der Waals surface area contributed by atoms with Crippen LogP contribution in [0.5, 0.6) is 11.6 Å². The van der Waals surface area contributed by atoms with Crippen LogP contribution in [0.3, 0.4) is 0 Å². The van der Waals surface area contributed by atoms with Crippen molar-refractivity contribution in [3.63, 3.8) is 0 Å². The molecule has 2 aliphatic heterocycles. The zero-order valence-electron chi connectivity index (χ0n) is 19.2. The van der Waals surface area contributed by atoms with Crippen molar-refractivity contribution < 1.29 is 31.8 Å². The van der Waals surface area contributed by atoms with Crippen molar-refractivity contribution >= 4 is 5.91 Å². The summed E-state index contributed by atoms with van der Waals surface area (Å²) >= 11 is 0. The average molecular weight is 502 g/mol. The van der Waals surface area contributed by atoms with Gasteiger partial charge in [0, 0.05) is 30.7 Å². The van der Waals surface area contributed by atoms with E-state index >= 15 is 0 Å². The van der Waals surface area contributed by atoms with Crippen LogP contribution in [0.4, 0.5) is 17.6 Å². The Morgan fingerprint density at radius 3 is 2.56 bits per heavy atom. The number of pyridine rings is 1. The summed E-state index contributed by atoms with van der Waals surface area (Å²) < 4.78 is 64.4. The Kier molecular flexibility index (Phi) is 6.23. The van der Waals surface area contributed by atoms with Gasteiger partial charge in [-0.3, -0.25) is 4.79 Å². The molecule has 3 fully saturated rings. The predicted molar refractivity (Wildman–Crippen MR) is 120 cm³/mol. The molecular weight excluding hydrogens is 480 g/mol. The van der Waals surface area contributed by atoms with E-state index in [0.29, 0.717) is 54.4 Å². The highest BCUT2D eigenvalue weighted by Gasteiger charge is 2.46. The van der Waals surface area contributed by atoms with Crippen molar-refractivity contribution in [2.45, 2.75) is 37.6 Å². The molecule has 1 amide bonds. The van der Waals surface area contributed by atoms with Gasteiger partial charge in [-0.05, 0) is 43.4 Å². The molecule has 3 aromatic rings. The fourth-order valence-corrected chi connectivity index (χ4v) is 4.99. The molecule has 188 valence electrons. The van der Waals surface area contributed by atoms with E-state index in [-0.39, 0.29) is 11.8 Å². The van der Waals surface area contributed by atoms with Crippen molar-refractivity contribution in [3.8, 4) is 23.0 Å². The lowest BCUT2D eigenvalue weighted by Gasteiger charge is -2.49. The van der Waals surface area contributed by atoms with Gasteiger partial charge >= 0.3 is 6.18 Å². The number of benzene rings is 1. The Hall–Kier alpha value is -3.76. The van der Waals surface area contributed by atoms with Gasteiger partial charge < -0.3 is 14.4 Å². The summed E-state index contributed by atoms with van der Waals surface area (Å²) in [5.74, 6) is -1.20. The lowest BCUT2D eigenvalue weighted by atomic mass is 9.77. The van der Waals surface area contributed by atoms with Gasteiger partial charge in [-0.2, -0.15) is 13.2 Å². The third-order valence-corrected chi connectivity index (χ3v) is 6.65. The van der Waals surface area contributed by atoms with Crippen molar-refractivity contribution in [1.82, 2.24) is 19.9 Å². The number of carbonyl (C=O) groups is 1. The van der Waals surface area contributed by atoms with Crippen LogP contribution < -0.4 is 9.47 Å². The third-order valence-electron chi connectivity index (χ3n) is 6.65. The molecule has 1 aromatic carbocycles. The summed E-state index contributed by atoms with van der Waals surface area (Å²) in [7, 11) is 1.47. The number of amides is 1. The molecule has 0 N–H and O–H groups in total. The molecular formula is C25H22F4N4O3. The molecule has 0 spiro atoms. The van der Waals surface area contributed by atoms with E-state index < -0.39 is 35.6 Å². The smallest absolute Gasteiger partial charge is 0.417 e. The number of alkyl halides is 3. The summed E-state index contributed by atoms with van der Waals surface area (Å²) in [6.07, 6.45) is 0.372. The molecule has 3 atom stereocenters. The first-order chi connectivity index (χ1) is 17.3. The number of hydrogen-bond acceptors (Lipinski definition) is 6. The van der Waals surface area contributed by atoms with Crippen LogP contribution in [0.15, 0.2) is 48.9 Å². The molecule has 2 saturated heterocycles. The first-order valence-electron chi connectivity index (χ1n) is 11.4. The maximum atomic E-state index is 14.4. The zero-order valence-corrected chi connectivity index (χ0v) is 19.2. The minimum Gasteiger partial charge on any atom is -0.496 e. The minimum absolute atomic E-state index is 0.0904. The lowest BCUT2D eigenvalue weighted by molar-refractivity contribution is -0.138. The molecule has 3 aliphatic rings. The maximum absolute atomic E-state index is 14.4. The Morgan fingerprint density at radius 2 is 1.89 bits per heavy atom. The second kappa shape index (κ2) is 9.36. The Bertz CT molecular complexity index is 1270. The summed E-state index contributed by atoms with van der Waals surface area (Å²) in [5.41, 5.74) is -0.383. The molecule has 11 heteroatoms. The summed E-state index contributed by atoms with van der Waals surface area (Å²) in [5, 5.41) is 0. The van der Waals surface area contributed by atoms with Gasteiger partial charge in [-0.25, -0.2) is 19.3 Å². The molecule has 7 nitrogen and oxygen atoms in total. The average Bonchev–Trinajstić information content (AvgIpc) is 2.89. The maximum Gasteiger partial charge on any atom is 0.417 e. The predicted octanol–water partition coefficient (Wildman–Crippen LogP) is 4.78. The van der Waals surface area contributed by atoms with Gasteiger partial charge in [-0.15, -0.1) is 0 Å². The first kappa shape index (κ1) is 24.0. The number of halogens is 4. The van der Waals surface area contributed by atoms with Gasteiger partial charge in [0.1, 0.15) is 11.9 Å². The number of rotatable bonds is 5. The van der Waals surface area contributed by atoms with Crippen LogP contribution in [0.25, 0.3) is 11.4 Å². The highest BCUT2D eigenvalue weighted by molar-refractivity contribution is 6.03. The molecule has 36 heavy (non-hydrogen) atoms. The van der Waals surface area contributed by atoms with Crippen LogP contribution in [-0.2, 0) is 6.18 Å². The molecule has 4 heterocycles. The number of carbonyl (C=O) groups excluding carboxylic acids is 1. The molecule has 0 radical (unpaired) electrons. The van der Waals surface area contributed by atoms with Crippen LogP contribution in [-0.4, -0.2) is 51.6 Å². The zero-order chi connectivity index (χ0) is 25.4. The largest absolute Gasteiger partial charge is 0.496 e. The number of ether oxygens (including phenoxy) is 2. The van der Waals surface area contributed by atoms with E-state index in [9.17, 15) is 22.4 Å². The highest BCUT2D eigenvalue weighted by Crippen LogP contribution is 2.40. The van der Waals surface area contributed by atoms with Crippen LogP contribution in [0.1, 0.15) is 35.2 Å². The van der Waals surface area contributed by atoms with E-state index in [1.807, 2.05) is 0 Å². The molecule has 1 aliphatic carbocycles. The van der Waals surface area contributed by atoms with Crippen LogP contribution in [0, 0.1) is 11.7 Å². The van der Waals surface area contributed by atoms with Gasteiger partial charge in [0.05, 0.1) is 24.3 Å². The number of aromatic nitrogens is 3. The topological polar surface area (TPSA) is 77.4 Å². The lowest BCUT2D eigenvalue weighted by Crippen LogP contribution is -2.59. The van der Waals surface area contributed by atoms with E-state index in [1.165, 1.54) is 7.11 Å². The molecule has 6 rings (SSSR count). The first-order valence-corrected chi connectivity index (χ1v) is 11.4. The second-order valence-corrected chi connectivity index (χ2v) is 8.82. The summed E-state index contributed by atoms with van der Waals surface area (Å²) in [4.78, 5) is 27.7. The van der Waals surface area contributed by atoms with Crippen molar-refractivity contribution in [1.29, 1.82) is 0 Å². The minimum atomic E-state index is -4.71. The van der Waals surface area contributed by atoms with Gasteiger partial charge in [0.25, 0.3) is 11.8 Å². The second-order valence-electron chi connectivity index (χ2n) is 8.82. The molecule has 2 bridgehead atoms. The number of fused-ring (bicyclic) bond motifs is 3. The van der Waals surface area contributed by atoms with Gasteiger partial charge in [-0.1, -0.05) is 12.1 Å². The fourth-order valence-electron chi connectivity index (χ4n) is 4.99. The number of nitrogens with zero attached hydrogens (tertiary/aromatic N) is 4. The van der Waals surface area contributed by atoms with Gasteiger partial charge in [0.2, 0.25) is 0 Å². The summed E-state index contributed by atoms with van der Waals surface area (Å²) in [6, 6.07) is 6.79. The standard InChI is InChI=1S/C25H22F4N4O3/c1-35-19-5-2-4-16(22-30-8-3-9-31-22)21(19)24(34)33-13-14-6-7-18(33)20(10-14)36-23-17(26)11-15(12-32-23)25(27,28)29/h2-5,8-9,11-12,14,18,20H,6-7,10,13H2,1H3. The van der Waals surface area contributed by atoms with Crippen molar-refractivity contribution in [2.24, 2.45) is 5.92 Å². The van der Waals surface area contributed by atoms with E-state index in [1.54, 1.807) is 41.6 Å². The van der Waals surface area contributed by atoms with E-state index in [0.717, 1.165) is 6.42 Å². The monoisotopic (exact) mass is 502 g/mol. The van der Waals surface area contributed by atoms with Crippen LogP contribution >= 0.6 is 0 Å². The van der Waals surface area contributed by atoms with Crippen molar-refractivity contribution in [3.05, 3.63) is 65.9 Å². The SMILES string of the molecule is COc1cccc(-c2ncccn2)c1C(=O)N1CC2CCC1C(Oc1ncc(C(F)(F)F)cc1F)C2. The molecule has 1 saturated carbocycles. The number of methoxy groups -OCH3 is 1. The third kappa shape index (κ3) is 4.45. The number of piperidine rings is 2. The normalized spacial score (nSPS) is 21.4. The summed E-state index contributed by atoms with van der Waals surface area (Å²) in [6.45, 7) is 0.472. The Balaban J connectivity index is 1.45. The van der Waals surface area contributed by atoms with Crippen molar-refractivity contribution in [2.75, 3.05) is 13.7 Å². The number of hydrogen-bond donors (Lipinski definition) is 0. The Morgan fingerprint density at radius 1 is 1.11 bits per heavy atom. The van der Waals surface area contributed by atoms with E-state index in [2.05, 4.69) is 15.0 Å². The van der Waals surface area contributed by atoms with Crippen LogP contribution in [0.2, 0.25) is 0 Å². The Labute approximate surface area is 204 Å². The highest BCUT2D eigenvalue weighted by atomic mass is 19.4. The fraction of sp³-hybridized carbons (Fsp3) is 0.360. The van der Waals surface area contributed by atoms with E-state index in [4.69, 9.17) is 9.47 Å². The quantitative estimate of drug-likeness (QED) is 0.468. The molecule has 3 unspecified atom stereocenters.